The topological polar surface area (TPSA) is 74.7 Å². The molecule has 0 unspecified atom stereocenters. The van der Waals surface area contributed by atoms with Crippen LogP contribution < -0.4 is 11.2 Å². The molecular formula is C11H10BrN5O2S. The van der Waals surface area contributed by atoms with E-state index in [1.165, 1.54) is 23.4 Å². The summed E-state index contributed by atoms with van der Waals surface area (Å²) in [6.07, 6.45) is 1.89. The molecule has 0 amide bonds. The van der Waals surface area contributed by atoms with Gasteiger partial charge in [0, 0.05) is 12.7 Å². The largest absolute Gasteiger partial charge is 0.335 e. The number of hydrogen-bond acceptors (Lipinski definition) is 5. The van der Waals surface area contributed by atoms with Gasteiger partial charge < -0.3 is 0 Å². The van der Waals surface area contributed by atoms with Crippen molar-refractivity contribution in [1.82, 2.24) is 23.9 Å². The third-order valence-corrected chi connectivity index (χ3v) is 4.55. The number of nitrogens with zero attached hydrogens (tertiary/aromatic N) is 5. The Hall–Kier alpha value is -1.61. The first-order valence-electron chi connectivity index (χ1n) is 5.64. The summed E-state index contributed by atoms with van der Waals surface area (Å²) in [6.45, 7) is 4.34. The first-order chi connectivity index (χ1) is 9.47. The molecule has 0 N–H and O–H groups in total. The minimum absolute atomic E-state index is 0.279. The van der Waals surface area contributed by atoms with Crippen molar-refractivity contribution >= 4 is 33.4 Å². The molecule has 0 aliphatic carbocycles. The van der Waals surface area contributed by atoms with E-state index in [1.54, 1.807) is 0 Å². The lowest BCUT2D eigenvalue weighted by Crippen LogP contribution is -2.41. The van der Waals surface area contributed by atoms with Crippen molar-refractivity contribution in [2.24, 2.45) is 7.05 Å². The first kappa shape index (κ1) is 13.4. The summed E-state index contributed by atoms with van der Waals surface area (Å²) in [7, 11) is 1.43. The van der Waals surface area contributed by atoms with E-state index in [9.17, 15) is 9.59 Å². The Labute approximate surface area is 126 Å². The van der Waals surface area contributed by atoms with Crippen LogP contribution in [0.3, 0.4) is 0 Å². The van der Waals surface area contributed by atoms with E-state index < -0.39 is 11.2 Å². The van der Waals surface area contributed by atoms with Crippen molar-refractivity contribution < 1.29 is 0 Å². The molecular weight excluding hydrogens is 346 g/mol. The third-order valence-electron chi connectivity index (χ3n) is 3.17. The summed E-state index contributed by atoms with van der Waals surface area (Å²) < 4.78 is 4.56. The molecule has 1 aliphatic heterocycles. The molecule has 7 nitrogen and oxygen atoms in total. The average Bonchev–Trinajstić information content (AvgIpc) is 2.83. The zero-order chi connectivity index (χ0) is 14.6. The van der Waals surface area contributed by atoms with Gasteiger partial charge in [0.25, 0.3) is 5.56 Å². The van der Waals surface area contributed by atoms with Crippen molar-refractivity contribution in [1.29, 1.82) is 0 Å². The average molecular weight is 356 g/mol. The van der Waals surface area contributed by atoms with E-state index in [0.29, 0.717) is 28.9 Å². The highest BCUT2D eigenvalue weighted by Gasteiger charge is 2.28. The number of aromatic nitrogens is 5. The minimum Gasteiger partial charge on any atom is -0.295 e. The lowest BCUT2D eigenvalue weighted by molar-refractivity contribution is 0.653. The number of rotatable bonds is 1. The summed E-state index contributed by atoms with van der Waals surface area (Å²) in [5, 5.41) is 8.87. The van der Waals surface area contributed by atoms with Crippen LogP contribution in [0.5, 0.6) is 0 Å². The standard InChI is InChI=1S/C11H10BrN5O2S/c1-5-4-16-8(13-14-10(16)20-3)7-6(12)9(18)15(2)11(19)17(5)7/h1,4H2,2-3H3. The Morgan fingerprint density at radius 3 is 2.70 bits per heavy atom. The first-order valence-corrected chi connectivity index (χ1v) is 7.66. The van der Waals surface area contributed by atoms with Crippen LogP contribution in [0, 0.1) is 0 Å². The van der Waals surface area contributed by atoms with Gasteiger partial charge in [-0.25, -0.2) is 4.79 Å². The third kappa shape index (κ3) is 1.59. The minimum atomic E-state index is -0.432. The summed E-state index contributed by atoms with van der Waals surface area (Å²) in [4.78, 5) is 24.3. The van der Waals surface area contributed by atoms with Crippen molar-refractivity contribution in [3.8, 4) is 11.5 Å². The van der Waals surface area contributed by atoms with Gasteiger partial charge in [-0.05, 0) is 22.2 Å². The van der Waals surface area contributed by atoms with Crippen molar-refractivity contribution in [3.63, 3.8) is 0 Å². The smallest absolute Gasteiger partial charge is 0.295 e. The fraction of sp³-hybridized carbons (Fsp3) is 0.273. The van der Waals surface area contributed by atoms with Crippen LogP contribution in [0.25, 0.3) is 17.2 Å². The fourth-order valence-electron chi connectivity index (χ4n) is 2.18. The highest BCUT2D eigenvalue weighted by atomic mass is 79.9. The van der Waals surface area contributed by atoms with Gasteiger partial charge in [-0.2, -0.15) is 0 Å². The van der Waals surface area contributed by atoms with Gasteiger partial charge in [0.05, 0.1) is 6.54 Å². The quantitative estimate of drug-likeness (QED) is 0.706. The van der Waals surface area contributed by atoms with Crippen LogP contribution in [-0.4, -0.2) is 30.2 Å². The fourth-order valence-corrected chi connectivity index (χ4v) is 3.30. The van der Waals surface area contributed by atoms with Gasteiger partial charge >= 0.3 is 5.69 Å². The molecule has 0 saturated heterocycles. The molecule has 0 aromatic carbocycles. The Morgan fingerprint density at radius 1 is 1.35 bits per heavy atom. The van der Waals surface area contributed by atoms with E-state index >= 15 is 0 Å². The SMILES string of the molecule is C=C1Cn2c(SC)nnc2-c2c(Br)c(=O)n(C)c(=O)n21. The van der Waals surface area contributed by atoms with Crippen molar-refractivity contribution in [2.45, 2.75) is 11.7 Å². The normalized spacial score (nSPS) is 13.2. The number of allylic oxidation sites excluding steroid dienone is 1. The predicted molar refractivity (Wildman–Crippen MR) is 79.8 cm³/mol. The molecule has 0 radical (unpaired) electrons. The number of thioether (sulfide) groups is 1. The second kappa shape index (κ2) is 4.45. The van der Waals surface area contributed by atoms with E-state index in [-0.39, 0.29) is 4.47 Å². The predicted octanol–water partition coefficient (Wildman–Crippen LogP) is 0.774. The lowest BCUT2D eigenvalue weighted by Gasteiger charge is -2.23. The van der Waals surface area contributed by atoms with E-state index in [2.05, 4.69) is 32.7 Å². The van der Waals surface area contributed by atoms with E-state index in [0.717, 1.165) is 4.57 Å². The molecule has 20 heavy (non-hydrogen) atoms. The Morgan fingerprint density at radius 2 is 2.05 bits per heavy atom. The van der Waals surface area contributed by atoms with Gasteiger partial charge in [0.1, 0.15) is 10.2 Å². The summed E-state index contributed by atoms with van der Waals surface area (Å²) in [5.41, 5.74) is 0.139. The number of fused-ring (bicyclic) bond motifs is 3. The van der Waals surface area contributed by atoms with Crippen LogP contribution in [0.4, 0.5) is 0 Å². The summed E-state index contributed by atoms with van der Waals surface area (Å²) in [6, 6.07) is 0. The molecule has 0 spiro atoms. The van der Waals surface area contributed by atoms with Crippen molar-refractivity contribution in [2.75, 3.05) is 6.26 Å². The van der Waals surface area contributed by atoms with Crippen LogP contribution in [0.15, 0.2) is 25.8 Å². The molecule has 3 rings (SSSR count). The monoisotopic (exact) mass is 355 g/mol. The zero-order valence-corrected chi connectivity index (χ0v) is 13.2. The second-order valence-electron chi connectivity index (χ2n) is 4.31. The zero-order valence-electron chi connectivity index (χ0n) is 10.8. The molecule has 2 aromatic heterocycles. The molecule has 9 heteroatoms. The lowest BCUT2D eigenvalue weighted by atomic mass is 10.2. The van der Waals surface area contributed by atoms with Crippen molar-refractivity contribution in [3.05, 3.63) is 31.9 Å². The molecule has 0 bridgehead atoms. The molecule has 0 atom stereocenters. The van der Waals surface area contributed by atoms with Crippen LogP contribution in [0.1, 0.15) is 0 Å². The number of hydrogen-bond donors (Lipinski definition) is 0. The van der Waals surface area contributed by atoms with Gasteiger partial charge in [-0.15, -0.1) is 10.2 Å². The molecule has 0 fully saturated rings. The van der Waals surface area contributed by atoms with Gasteiger partial charge in [-0.3, -0.25) is 18.5 Å². The maximum atomic E-state index is 12.3. The summed E-state index contributed by atoms with van der Waals surface area (Å²) in [5.74, 6) is 0.489. The number of halogens is 1. The highest BCUT2D eigenvalue weighted by molar-refractivity contribution is 9.10. The molecule has 2 aromatic rings. The molecule has 104 valence electrons. The van der Waals surface area contributed by atoms with Crippen LogP contribution in [0.2, 0.25) is 0 Å². The molecule has 3 heterocycles. The maximum Gasteiger partial charge on any atom is 0.335 e. The Bertz CT molecular complexity index is 863. The highest BCUT2D eigenvalue weighted by Crippen LogP contribution is 2.32. The Kier molecular flexibility index (Phi) is 2.98. The van der Waals surface area contributed by atoms with E-state index in [1.807, 2.05) is 10.8 Å². The van der Waals surface area contributed by atoms with E-state index in [4.69, 9.17) is 0 Å². The second-order valence-corrected chi connectivity index (χ2v) is 5.87. The summed E-state index contributed by atoms with van der Waals surface area (Å²) >= 11 is 4.70. The maximum absolute atomic E-state index is 12.3. The van der Waals surface area contributed by atoms with Crippen LogP contribution >= 0.6 is 27.7 Å². The van der Waals surface area contributed by atoms with Crippen LogP contribution in [-0.2, 0) is 13.6 Å². The van der Waals surface area contributed by atoms with Gasteiger partial charge in [-0.1, -0.05) is 18.3 Å². The molecule has 1 aliphatic rings. The molecule has 0 saturated carbocycles. The van der Waals surface area contributed by atoms with Gasteiger partial charge in [0.2, 0.25) is 0 Å². The Balaban J connectivity index is 2.50. The van der Waals surface area contributed by atoms with Gasteiger partial charge in [0.15, 0.2) is 11.0 Å².